The molecule has 122 valence electrons. The van der Waals surface area contributed by atoms with Gasteiger partial charge in [0.05, 0.1) is 11.9 Å². The van der Waals surface area contributed by atoms with Crippen molar-refractivity contribution in [3.63, 3.8) is 0 Å². The van der Waals surface area contributed by atoms with Gasteiger partial charge in [-0.3, -0.25) is 0 Å². The molecule has 1 aliphatic rings. The third-order valence-electron chi connectivity index (χ3n) is 4.74. The van der Waals surface area contributed by atoms with E-state index in [0.717, 1.165) is 37.7 Å². The van der Waals surface area contributed by atoms with Crippen LogP contribution >= 0.6 is 0 Å². The molecule has 2 aromatic carbocycles. The summed E-state index contributed by atoms with van der Waals surface area (Å²) in [6.07, 6.45) is 1.95. The van der Waals surface area contributed by atoms with Crippen molar-refractivity contribution in [1.82, 2.24) is 4.98 Å². The molecule has 24 heavy (non-hydrogen) atoms. The zero-order valence-electron chi connectivity index (χ0n) is 13.9. The summed E-state index contributed by atoms with van der Waals surface area (Å²) in [5, 5.41) is 5.69. The number of benzene rings is 2. The van der Waals surface area contributed by atoms with Crippen LogP contribution in [0.15, 0.2) is 60.8 Å². The van der Waals surface area contributed by atoms with Crippen LogP contribution in [-0.2, 0) is 0 Å². The Labute approximate surface area is 142 Å². The fraction of sp³-hybridized carbons (Fsp3) is 0.250. The van der Waals surface area contributed by atoms with E-state index in [2.05, 4.69) is 69.7 Å². The van der Waals surface area contributed by atoms with Gasteiger partial charge in [-0.2, -0.15) is 0 Å². The lowest BCUT2D eigenvalue weighted by atomic mass is 10.1. The first-order valence-electron chi connectivity index (χ1n) is 8.47. The Morgan fingerprint density at radius 2 is 1.42 bits per heavy atom. The van der Waals surface area contributed by atoms with Gasteiger partial charge in [-0.15, -0.1) is 0 Å². The second-order valence-corrected chi connectivity index (χ2v) is 6.10. The number of piperazine rings is 1. The van der Waals surface area contributed by atoms with Gasteiger partial charge in [0, 0.05) is 49.7 Å². The second kappa shape index (κ2) is 6.40. The van der Waals surface area contributed by atoms with Gasteiger partial charge in [0.1, 0.15) is 5.82 Å². The van der Waals surface area contributed by atoms with Crippen LogP contribution in [0.4, 0.5) is 17.2 Å². The number of para-hydroxylation sites is 1. The van der Waals surface area contributed by atoms with Crippen molar-refractivity contribution in [2.45, 2.75) is 0 Å². The SMILES string of the molecule is CNc1cnc(N2CCN(c3ccccc3)CC2)c2ccccc12. The molecule has 3 aromatic rings. The molecule has 0 atom stereocenters. The molecule has 0 unspecified atom stereocenters. The van der Waals surface area contributed by atoms with Gasteiger partial charge in [0.15, 0.2) is 0 Å². The topological polar surface area (TPSA) is 31.4 Å². The maximum atomic E-state index is 4.74. The van der Waals surface area contributed by atoms with E-state index < -0.39 is 0 Å². The molecule has 0 saturated carbocycles. The van der Waals surface area contributed by atoms with Crippen LogP contribution < -0.4 is 15.1 Å². The molecule has 0 spiro atoms. The maximum absolute atomic E-state index is 4.74. The first-order valence-corrected chi connectivity index (χ1v) is 8.47. The number of aromatic nitrogens is 1. The highest BCUT2D eigenvalue weighted by atomic mass is 15.3. The van der Waals surface area contributed by atoms with Gasteiger partial charge < -0.3 is 15.1 Å². The first kappa shape index (κ1) is 14.8. The predicted molar refractivity (Wildman–Crippen MR) is 102 cm³/mol. The van der Waals surface area contributed by atoms with Crippen LogP contribution in [0.2, 0.25) is 0 Å². The van der Waals surface area contributed by atoms with Crippen LogP contribution in [0.5, 0.6) is 0 Å². The molecule has 1 fully saturated rings. The average molecular weight is 318 g/mol. The minimum atomic E-state index is 0.991. The van der Waals surface area contributed by atoms with Crippen molar-refractivity contribution in [1.29, 1.82) is 0 Å². The standard InChI is InChI=1S/C20H22N4/c1-21-19-15-22-20(18-10-6-5-9-17(18)19)24-13-11-23(12-14-24)16-7-3-2-4-8-16/h2-10,15,21H,11-14H2,1H3. The van der Waals surface area contributed by atoms with E-state index in [1.807, 2.05) is 13.2 Å². The Morgan fingerprint density at radius 3 is 2.12 bits per heavy atom. The Bertz CT molecular complexity index is 823. The Hall–Kier alpha value is -2.75. The minimum Gasteiger partial charge on any atom is -0.386 e. The summed E-state index contributed by atoms with van der Waals surface area (Å²) in [5.74, 6) is 1.09. The zero-order chi connectivity index (χ0) is 16.4. The molecule has 0 amide bonds. The number of hydrogen-bond donors (Lipinski definition) is 1. The number of rotatable bonds is 3. The number of nitrogens with zero attached hydrogens (tertiary/aromatic N) is 3. The fourth-order valence-electron chi connectivity index (χ4n) is 3.44. The summed E-state index contributed by atoms with van der Waals surface area (Å²) in [7, 11) is 1.95. The van der Waals surface area contributed by atoms with Crippen molar-refractivity contribution in [3.05, 3.63) is 60.8 Å². The summed E-state index contributed by atoms with van der Waals surface area (Å²) in [6, 6.07) is 19.2. The molecule has 0 bridgehead atoms. The number of nitrogens with one attached hydrogen (secondary N) is 1. The Balaban J connectivity index is 1.59. The van der Waals surface area contributed by atoms with E-state index in [0.29, 0.717) is 0 Å². The minimum absolute atomic E-state index is 0.991. The summed E-state index contributed by atoms with van der Waals surface area (Å²) in [6.45, 7) is 4.02. The van der Waals surface area contributed by atoms with Gasteiger partial charge in [0.25, 0.3) is 0 Å². The van der Waals surface area contributed by atoms with Crippen LogP contribution in [0.25, 0.3) is 10.8 Å². The first-order chi connectivity index (χ1) is 11.9. The van der Waals surface area contributed by atoms with Gasteiger partial charge >= 0.3 is 0 Å². The van der Waals surface area contributed by atoms with Crippen LogP contribution in [0.1, 0.15) is 0 Å². The molecule has 2 heterocycles. The lowest BCUT2D eigenvalue weighted by Crippen LogP contribution is -2.46. The molecule has 4 heteroatoms. The van der Waals surface area contributed by atoms with Gasteiger partial charge in [-0.1, -0.05) is 42.5 Å². The van der Waals surface area contributed by atoms with Crippen molar-refractivity contribution in [2.24, 2.45) is 0 Å². The highest BCUT2D eigenvalue weighted by Gasteiger charge is 2.20. The highest BCUT2D eigenvalue weighted by Crippen LogP contribution is 2.30. The molecular formula is C20H22N4. The molecular weight excluding hydrogens is 296 g/mol. The zero-order valence-corrected chi connectivity index (χ0v) is 13.9. The van der Waals surface area contributed by atoms with E-state index in [4.69, 9.17) is 4.98 Å². The summed E-state index contributed by atoms with van der Waals surface area (Å²) in [4.78, 5) is 9.59. The molecule has 0 radical (unpaired) electrons. The van der Waals surface area contributed by atoms with Crippen molar-refractivity contribution < 1.29 is 0 Å². The lowest BCUT2D eigenvalue weighted by molar-refractivity contribution is 0.649. The van der Waals surface area contributed by atoms with Gasteiger partial charge in [-0.25, -0.2) is 4.98 Å². The van der Waals surface area contributed by atoms with Crippen LogP contribution in [-0.4, -0.2) is 38.2 Å². The number of pyridine rings is 1. The molecule has 1 aromatic heterocycles. The molecule has 4 nitrogen and oxygen atoms in total. The monoisotopic (exact) mass is 318 g/mol. The molecule has 1 aliphatic heterocycles. The summed E-state index contributed by atoms with van der Waals surface area (Å²) < 4.78 is 0. The van der Waals surface area contributed by atoms with E-state index in [-0.39, 0.29) is 0 Å². The quantitative estimate of drug-likeness (QED) is 0.799. The maximum Gasteiger partial charge on any atom is 0.136 e. The van der Waals surface area contributed by atoms with E-state index in [1.165, 1.54) is 16.5 Å². The number of anilines is 3. The molecule has 4 rings (SSSR count). The van der Waals surface area contributed by atoms with Crippen molar-refractivity contribution in [3.8, 4) is 0 Å². The van der Waals surface area contributed by atoms with Gasteiger partial charge in [0.2, 0.25) is 0 Å². The molecule has 1 saturated heterocycles. The number of fused-ring (bicyclic) bond motifs is 1. The van der Waals surface area contributed by atoms with E-state index in [9.17, 15) is 0 Å². The van der Waals surface area contributed by atoms with Gasteiger partial charge in [-0.05, 0) is 12.1 Å². The highest BCUT2D eigenvalue weighted by molar-refractivity contribution is 6.00. The smallest absolute Gasteiger partial charge is 0.136 e. The van der Waals surface area contributed by atoms with E-state index >= 15 is 0 Å². The predicted octanol–water partition coefficient (Wildman–Crippen LogP) is 3.60. The molecule has 0 aliphatic carbocycles. The fourth-order valence-corrected chi connectivity index (χ4v) is 3.44. The number of hydrogen-bond acceptors (Lipinski definition) is 4. The Morgan fingerprint density at radius 1 is 0.792 bits per heavy atom. The van der Waals surface area contributed by atoms with Crippen molar-refractivity contribution in [2.75, 3.05) is 48.3 Å². The lowest BCUT2D eigenvalue weighted by Gasteiger charge is -2.37. The molecule has 1 N–H and O–H groups in total. The van der Waals surface area contributed by atoms with Crippen LogP contribution in [0, 0.1) is 0 Å². The average Bonchev–Trinajstić information content (AvgIpc) is 2.68. The van der Waals surface area contributed by atoms with Crippen LogP contribution in [0.3, 0.4) is 0 Å². The Kier molecular flexibility index (Phi) is 3.95. The second-order valence-electron chi connectivity index (χ2n) is 6.10. The summed E-state index contributed by atoms with van der Waals surface area (Å²) in [5.41, 5.74) is 2.39. The summed E-state index contributed by atoms with van der Waals surface area (Å²) >= 11 is 0. The largest absolute Gasteiger partial charge is 0.386 e. The van der Waals surface area contributed by atoms with E-state index in [1.54, 1.807) is 0 Å². The van der Waals surface area contributed by atoms with Crippen molar-refractivity contribution >= 4 is 28.0 Å². The third kappa shape index (κ3) is 2.64. The third-order valence-corrected chi connectivity index (χ3v) is 4.74. The normalized spacial score (nSPS) is 14.9.